The van der Waals surface area contributed by atoms with Crippen molar-refractivity contribution >= 4 is 5.91 Å². The standard InChI is InChI=1S/C13H26N2O.ClH/c1-6-10-12(11(5)13(14)16)15(7-2,8-3)9-4;/h6-10H2,1-5H3,(H-,14,16);1H. The number of quaternary nitrogens is 1. The molecule has 0 bridgehead atoms. The molecule has 17 heavy (non-hydrogen) atoms. The Morgan fingerprint density at radius 3 is 1.71 bits per heavy atom. The summed E-state index contributed by atoms with van der Waals surface area (Å²) in [5, 5.41) is 0. The van der Waals surface area contributed by atoms with Crippen LogP contribution in [0.4, 0.5) is 0 Å². The van der Waals surface area contributed by atoms with Crippen LogP contribution in [0.15, 0.2) is 11.3 Å². The summed E-state index contributed by atoms with van der Waals surface area (Å²) in [5.74, 6) is -0.277. The van der Waals surface area contributed by atoms with E-state index in [0.717, 1.165) is 42.5 Å². The molecule has 0 saturated carbocycles. The monoisotopic (exact) mass is 262 g/mol. The second kappa shape index (κ2) is 8.54. The van der Waals surface area contributed by atoms with E-state index < -0.39 is 0 Å². The first-order valence-electron chi connectivity index (χ1n) is 6.35. The first-order valence-corrected chi connectivity index (χ1v) is 6.35. The number of hydrogen-bond donors (Lipinski definition) is 1. The molecule has 0 saturated heterocycles. The highest BCUT2D eigenvalue weighted by Crippen LogP contribution is 2.25. The molecule has 4 heteroatoms. The predicted molar refractivity (Wildman–Crippen MR) is 68.7 cm³/mol. The highest BCUT2D eigenvalue weighted by molar-refractivity contribution is 5.91. The van der Waals surface area contributed by atoms with Gasteiger partial charge < -0.3 is 18.1 Å². The molecule has 0 aromatic rings. The van der Waals surface area contributed by atoms with Crippen LogP contribution in [0.3, 0.4) is 0 Å². The summed E-state index contributed by atoms with van der Waals surface area (Å²) in [7, 11) is 0. The van der Waals surface area contributed by atoms with Gasteiger partial charge in [0.25, 0.3) is 0 Å². The molecule has 0 radical (unpaired) electrons. The molecular formula is C13H27ClN2O. The molecule has 0 aliphatic heterocycles. The number of allylic oxidation sites excluding steroid dienone is 1. The Morgan fingerprint density at radius 2 is 1.47 bits per heavy atom. The topological polar surface area (TPSA) is 43.1 Å². The van der Waals surface area contributed by atoms with Crippen LogP contribution < -0.4 is 18.1 Å². The molecule has 0 atom stereocenters. The Balaban J connectivity index is 0. The lowest BCUT2D eigenvalue weighted by Crippen LogP contribution is -3.00. The number of rotatable bonds is 7. The predicted octanol–water partition coefficient (Wildman–Crippen LogP) is -0.574. The largest absolute Gasteiger partial charge is 1.00 e. The highest BCUT2D eigenvalue weighted by atomic mass is 35.5. The molecule has 0 aliphatic carbocycles. The summed E-state index contributed by atoms with van der Waals surface area (Å²) in [6.07, 6.45) is 2.02. The number of nitrogens with two attached hydrogens (primary N) is 1. The maximum Gasteiger partial charge on any atom is 0.249 e. The van der Waals surface area contributed by atoms with Crippen LogP contribution in [0.25, 0.3) is 0 Å². The van der Waals surface area contributed by atoms with Gasteiger partial charge in [-0.3, -0.25) is 9.28 Å². The van der Waals surface area contributed by atoms with Gasteiger partial charge in [-0.25, -0.2) is 0 Å². The lowest BCUT2D eigenvalue weighted by atomic mass is 10.1. The highest BCUT2D eigenvalue weighted by Gasteiger charge is 2.29. The maximum atomic E-state index is 11.4. The molecule has 0 heterocycles. The van der Waals surface area contributed by atoms with Crippen LogP contribution in [-0.2, 0) is 4.79 Å². The van der Waals surface area contributed by atoms with Crippen LogP contribution in [0, 0.1) is 0 Å². The van der Waals surface area contributed by atoms with E-state index in [2.05, 4.69) is 27.7 Å². The van der Waals surface area contributed by atoms with Gasteiger partial charge in [-0.2, -0.15) is 0 Å². The number of nitrogens with zero attached hydrogens (tertiary/aromatic N) is 1. The van der Waals surface area contributed by atoms with Crippen molar-refractivity contribution < 1.29 is 21.7 Å². The van der Waals surface area contributed by atoms with E-state index in [-0.39, 0.29) is 18.3 Å². The fourth-order valence-electron chi connectivity index (χ4n) is 2.40. The van der Waals surface area contributed by atoms with Crippen molar-refractivity contribution in [2.75, 3.05) is 19.6 Å². The average molecular weight is 263 g/mol. The third kappa shape index (κ3) is 4.32. The summed E-state index contributed by atoms with van der Waals surface area (Å²) in [5.41, 5.74) is 7.40. The Hall–Kier alpha value is -0.540. The van der Waals surface area contributed by atoms with E-state index in [0.29, 0.717) is 0 Å². The lowest BCUT2D eigenvalue weighted by molar-refractivity contribution is -0.888. The summed E-state index contributed by atoms with van der Waals surface area (Å²) >= 11 is 0. The van der Waals surface area contributed by atoms with Gasteiger partial charge in [-0.15, -0.1) is 0 Å². The van der Waals surface area contributed by atoms with Crippen LogP contribution in [0.5, 0.6) is 0 Å². The Bertz CT molecular complexity index is 262. The minimum atomic E-state index is -0.277. The zero-order valence-electron chi connectivity index (χ0n) is 11.8. The van der Waals surface area contributed by atoms with E-state index in [1.807, 2.05) is 6.92 Å². The first kappa shape index (κ1) is 18.8. The van der Waals surface area contributed by atoms with Gasteiger partial charge in [0.05, 0.1) is 25.2 Å². The van der Waals surface area contributed by atoms with Crippen LogP contribution in [-0.4, -0.2) is 30.0 Å². The third-order valence-corrected chi connectivity index (χ3v) is 3.68. The smallest absolute Gasteiger partial charge is 0.249 e. The summed E-state index contributed by atoms with van der Waals surface area (Å²) in [6.45, 7) is 13.6. The van der Waals surface area contributed by atoms with Crippen molar-refractivity contribution in [3.8, 4) is 0 Å². The molecule has 102 valence electrons. The second-order valence-electron chi connectivity index (χ2n) is 4.28. The molecule has 2 N–H and O–H groups in total. The lowest BCUT2D eigenvalue weighted by Gasteiger charge is -2.38. The molecule has 0 fully saturated rings. The van der Waals surface area contributed by atoms with Crippen molar-refractivity contribution in [1.29, 1.82) is 0 Å². The second-order valence-corrected chi connectivity index (χ2v) is 4.28. The van der Waals surface area contributed by atoms with Crippen molar-refractivity contribution in [1.82, 2.24) is 0 Å². The fraction of sp³-hybridized carbons (Fsp3) is 0.769. The Morgan fingerprint density at radius 1 is 1.06 bits per heavy atom. The zero-order chi connectivity index (χ0) is 12.8. The van der Waals surface area contributed by atoms with Crippen molar-refractivity contribution in [3.05, 3.63) is 11.3 Å². The van der Waals surface area contributed by atoms with E-state index in [9.17, 15) is 4.79 Å². The summed E-state index contributed by atoms with van der Waals surface area (Å²) in [6, 6.07) is 0. The quantitative estimate of drug-likeness (QED) is 0.485. The van der Waals surface area contributed by atoms with Gasteiger partial charge in [0, 0.05) is 6.42 Å². The SMILES string of the molecule is CCCC(=C(C)C(N)=O)[N+](CC)(CC)CC.[Cl-]. The van der Waals surface area contributed by atoms with Crippen molar-refractivity contribution in [3.63, 3.8) is 0 Å². The minimum Gasteiger partial charge on any atom is -1.00 e. The molecule has 0 rings (SSSR count). The van der Waals surface area contributed by atoms with Crippen LogP contribution >= 0.6 is 0 Å². The van der Waals surface area contributed by atoms with Gasteiger partial charge in [0.1, 0.15) is 5.70 Å². The first-order chi connectivity index (χ1) is 7.48. The number of hydrogen-bond acceptors (Lipinski definition) is 1. The van der Waals surface area contributed by atoms with Crippen molar-refractivity contribution in [2.24, 2.45) is 5.73 Å². The van der Waals surface area contributed by atoms with E-state index in [1.165, 1.54) is 5.70 Å². The molecule has 0 aliphatic rings. The molecule has 0 aromatic heterocycles. The fourth-order valence-corrected chi connectivity index (χ4v) is 2.40. The third-order valence-electron chi connectivity index (χ3n) is 3.68. The van der Waals surface area contributed by atoms with Crippen LogP contribution in [0.2, 0.25) is 0 Å². The van der Waals surface area contributed by atoms with Gasteiger partial charge >= 0.3 is 0 Å². The maximum absolute atomic E-state index is 11.4. The van der Waals surface area contributed by atoms with Gasteiger partial charge in [0.15, 0.2) is 0 Å². The molecule has 0 aromatic carbocycles. The summed E-state index contributed by atoms with van der Waals surface area (Å²) in [4.78, 5) is 11.4. The van der Waals surface area contributed by atoms with Crippen LogP contribution in [0.1, 0.15) is 47.5 Å². The van der Waals surface area contributed by atoms with E-state index in [4.69, 9.17) is 5.73 Å². The Labute approximate surface area is 112 Å². The van der Waals surface area contributed by atoms with Gasteiger partial charge in [-0.05, 0) is 34.1 Å². The van der Waals surface area contributed by atoms with Gasteiger partial charge in [0.2, 0.25) is 5.91 Å². The molecule has 0 unspecified atom stereocenters. The number of amides is 1. The molecule has 0 spiro atoms. The Kier molecular flexibility index (Phi) is 9.45. The molecule has 1 amide bonds. The van der Waals surface area contributed by atoms with Gasteiger partial charge in [-0.1, -0.05) is 6.92 Å². The zero-order valence-corrected chi connectivity index (χ0v) is 12.6. The normalized spacial score (nSPS) is 12.8. The number of halogens is 1. The number of primary amides is 1. The summed E-state index contributed by atoms with van der Waals surface area (Å²) < 4.78 is 0.891. The molecular weight excluding hydrogens is 236 g/mol. The van der Waals surface area contributed by atoms with E-state index in [1.54, 1.807) is 0 Å². The van der Waals surface area contributed by atoms with E-state index >= 15 is 0 Å². The number of carbonyl (C=O) groups excluding carboxylic acids is 1. The van der Waals surface area contributed by atoms with Crippen molar-refractivity contribution in [2.45, 2.75) is 47.5 Å². The average Bonchev–Trinajstić information content (AvgIpc) is 2.29. The number of carbonyl (C=O) groups is 1. The minimum absolute atomic E-state index is 0. The molecule has 3 nitrogen and oxygen atoms in total.